The van der Waals surface area contributed by atoms with E-state index in [1.165, 1.54) is 55.3 Å². The zero-order valence-corrected chi connectivity index (χ0v) is 24.8. The van der Waals surface area contributed by atoms with Gasteiger partial charge < -0.3 is 9.73 Å². The summed E-state index contributed by atoms with van der Waals surface area (Å²) in [6.45, 7) is 4.78. The van der Waals surface area contributed by atoms with Gasteiger partial charge in [0.1, 0.15) is 17.5 Å². The molecule has 7 aromatic rings. The highest BCUT2D eigenvalue weighted by molar-refractivity contribution is 6.04. The van der Waals surface area contributed by atoms with E-state index >= 15 is 0 Å². The second kappa shape index (κ2) is 9.44. The molecule has 1 aromatic heterocycles. The average Bonchev–Trinajstić information content (AvgIpc) is 3.57. The van der Waals surface area contributed by atoms with Gasteiger partial charge in [-0.2, -0.15) is 0 Å². The van der Waals surface area contributed by atoms with Crippen LogP contribution in [0.15, 0.2) is 138 Å². The van der Waals surface area contributed by atoms with Crippen molar-refractivity contribution in [2.45, 2.75) is 31.5 Å². The molecule has 0 saturated heterocycles. The molecule has 0 spiro atoms. The van der Waals surface area contributed by atoms with E-state index in [9.17, 15) is 0 Å². The van der Waals surface area contributed by atoms with Crippen LogP contribution < -0.4 is 10.6 Å². The predicted molar refractivity (Wildman–Crippen MR) is 181 cm³/mol. The number of nitrogens with one attached hydrogen (secondary N) is 2. The number of benzene rings is 6. The van der Waals surface area contributed by atoms with Crippen LogP contribution in [0.2, 0.25) is 0 Å². The third-order valence-electron chi connectivity index (χ3n) is 9.72. The molecule has 2 heterocycles. The Kier molecular flexibility index (Phi) is 5.45. The molecular weight excluding hydrogens is 536 g/mol. The number of para-hydroxylation sites is 1. The standard InChI is InChI=1S/C41H32N2O/c1-41(2)33-24-28(40-42-37(26-15-7-4-8-16-26)39-38(43-40)31-19-11-12-20-34(31)44-39)21-22-30(33)35-32(25-13-5-3-6-14-25)23-27-17-9-10-18-29(27)36(35)41/h3-24,37,40,42-43H,1-2H3. The lowest BCUT2D eigenvalue weighted by atomic mass is 9.79. The van der Waals surface area contributed by atoms with Crippen LogP contribution in [0.5, 0.6) is 0 Å². The highest BCUT2D eigenvalue weighted by Crippen LogP contribution is 2.55. The van der Waals surface area contributed by atoms with Crippen molar-refractivity contribution >= 4 is 27.4 Å². The largest absolute Gasteiger partial charge is 0.457 e. The molecule has 0 radical (unpaired) electrons. The van der Waals surface area contributed by atoms with Gasteiger partial charge in [0.05, 0.1) is 11.7 Å². The van der Waals surface area contributed by atoms with E-state index in [1.807, 2.05) is 6.07 Å². The van der Waals surface area contributed by atoms with E-state index < -0.39 is 0 Å². The summed E-state index contributed by atoms with van der Waals surface area (Å²) >= 11 is 0. The maximum Gasteiger partial charge on any atom is 0.149 e. The Hall–Kier alpha value is -5.12. The second-order valence-corrected chi connectivity index (χ2v) is 12.6. The molecule has 2 N–H and O–H groups in total. The Balaban J connectivity index is 1.22. The lowest BCUT2D eigenvalue weighted by molar-refractivity contribution is 0.422. The predicted octanol–water partition coefficient (Wildman–Crippen LogP) is 10.4. The van der Waals surface area contributed by atoms with Crippen molar-refractivity contribution in [3.05, 3.63) is 161 Å². The van der Waals surface area contributed by atoms with E-state index in [0.29, 0.717) is 0 Å². The van der Waals surface area contributed by atoms with Gasteiger partial charge in [-0.3, -0.25) is 5.32 Å². The summed E-state index contributed by atoms with van der Waals surface area (Å²) in [5, 5.41) is 11.5. The van der Waals surface area contributed by atoms with Gasteiger partial charge in [-0.1, -0.05) is 129 Å². The number of fused-ring (bicyclic) bond motifs is 8. The number of hydrogen-bond acceptors (Lipinski definition) is 3. The van der Waals surface area contributed by atoms with Crippen LogP contribution in [0.1, 0.15) is 54.1 Å². The molecule has 3 heteroatoms. The van der Waals surface area contributed by atoms with Crippen molar-refractivity contribution < 1.29 is 4.42 Å². The van der Waals surface area contributed by atoms with E-state index in [2.05, 4.69) is 152 Å². The summed E-state index contributed by atoms with van der Waals surface area (Å²) in [6.07, 6.45) is -0.0936. The zero-order valence-electron chi connectivity index (χ0n) is 24.8. The van der Waals surface area contributed by atoms with Crippen molar-refractivity contribution in [3.8, 4) is 22.3 Å². The molecular formula is C41H32N2O. The Morgan fingerprint density at radius 1 is 0.636 bits per heavy atom. The molecule has 0 saturated carbocycles. The summed E-state index contributed by atoms with van der Waals surface area (Å²) in [7, 11) is 0. The van der Waals surface area contributed by atoms with Crippen LogP contribution in [0.3, 0.4) is 0 Å². The number of anilines is 1. The maximum absolute atomic E-state index is 6.46. The molecule has 0 amide bonds. The summed E-state index contributed by atoms with van der Waals surface area (Å²) in [5.41, 5.74) is 12.2. The molecule has 0 fully saturated rings. The minimum Gasteiger partial charge on any atom is -0.457 e. The average molecular weight is 569 g/mol. The van der Waals surface area contributed by atoms with Crippen LogP contribution in [-0.4, -0.2) is 0 Å². The van der Waals surface area contributed by atoms with Gasteiger partial charge in [-0.05, 0) is 73.5 Å². The third-order valence-corrected chi connectivity index (χ3v) is 9.72. The maximum atomic E-state index is 6.46. The van der Waals surface area contributed by atoms with Gasteiger partial charge in [-0.25, -0.2) is 0 Å². The molecule has 44 heavy (non-hydrogen) atoms. The molecule has 212 valence electrons. The van der Waals surface area contributed by atoms with E-state index in [-0.39, 0.29) is 17.6 Å². The molecule has 3 nitrogen and oxygen atoms in total. The molecule has 0 bridgehead atoms. The Labute approximate surface area is 257 Å². The highest BCUT2D eigenvalue weighted by Gasteiger charge is 2.40. The van der Waals surface area contributed by atoms with Crippen molar-refractivity contribution in [2.75, 3.05) is 5.32 Å². The molecule has 1 aliphatic carbocycles. The topological polar surface area (TPSA) is 37.2 Å². The van der Waals surface area contributed by atoms with Crippen molar-refractivity contribution in [1.29, 1.82) is 0 Å². The fraction of sp³-hybridized carbons (Fsp3) is 0.122. The van der Waals surface area contributed by atoms with E-state index in [4.69, 9.17) is 4.42 Å². The monoisotopic (exact) mass is 568 g/mol. The quantitative estimate of drug-likeness (QED) is 0.223. The lowest BCUT2D eigenvalue weighted by Gasteiger charge is -2.33. The fourth-order valence-electron chi connectivity index (χ4n) is 7.65. The third kappa shape index (κ3) is 3.66. The zero-order chi connectivity index (χ0) is 29.4. The number of hydrogen-bond donors (Lipinski definition) is 2. The molecule has 1 aliphatic heterocycles. The number of furan rings is 1. The van der Waals surface area contributed by atoms with Gasteiger partial charge >= 0.3 is 0 Å². The SMILES string of the molecule is CC1(C)c2cc(C3Nc4c(oc5ccccc45)C(c4ccccc4)N3)ccc2-c2c(-c3ccccc3)cc3ccccc3c21. The van der Waals surface area contributed by atoms with Crippen molar-refractivity contribution in [3.63, 3.8) is 0 Å². The summed E-state index contributed by atoms with van der Waals surface area (Å²) in [6, 6.07) is 48.0. The van der Waals surface area contributed by atoms with Crippen LogP contribution >= 0.6 is 0 Å². The first-order valence-electron chi connectivity index (χ1n) is 15.4. The van der Waals surface area contributed by atoms with Gasteiger partial charge in [0.15, 0.2) is 0 Å². The summed E-state index contributed by atoms with van der Waals surface area (Å²) in [4.78, 5) is 0. The minimum atomic E-state index is -0.175. The van der Waals surface area contributed by atoms with Crippen LogP contribution in [0.25, 0.3) is 44.0 Å². The van der Waals surface area contributed by atoms with Gasteiger partial charge in [-0.15, -0.1) is 0 Å². The summed E-state index contributed by atoms with van der Waals surface area (Å²) in [5.74, 6) is 0.932. The first-order chi connectivity index (χ1) is 21.6. The first kappa shape index (κ1) is 25.4. The molecule has 2 atom stereocenters. The second-order valence-electron chi connectivity index (χ2n) is 12.6. The lowest BCUT2D eigenvalue weighted by Crippen LogP contribution is -2.36. The molecule has 9 rings (SSSR count). The Bertz CT molecular complexity index is 2210. The minimum absolute atomic E-state index is 0.0723. The normalized spacial score (nSPS) is 18.0. The Morgan fingerprint density at radius 2 is 1.34 bits per heavy atom. The summed E-state index contributed by atoms with van der Waals surface area (Å²) < 4.78 is 6.46. The first-order valence-corrected chi connectivity index (χ1v) is 15.4. The van der Waals surface area contributed by atoms with Crippen LogP contribution in [0, 0.1) is 0 Å². The van der Waals surface area contributed by atoms with Gasteiger partial charge in [0, 0.05) is 10.8 Å². The van der Waals surface area contributed by atoms with E-state index in [0.717, 1.165) is 22.4 Å². The molecule has 2 unspecified atom stereocenters. The molecule has 6 aromatic carbocycles. The smallest absolute Gasteiger partial charge is 0.149 e. The molecule has 2 aliphatic rings. The van der Waals surface area contributed by atoms with Crippen molar-refractivity contribution in [2.24, 2.45) is 0 Å². The van der Waals surface area contributed by atoms with Gasteiger partial charge in [0.2, 0.25) is 0 Å². The van der Waals surface area contributed by atoms with Crippen LogP contribution in [0.4, 0.5) is 5.69 Å². The van der Waals surface area contributed by atoms with E-state index in [1.54, 1.807) is 0 Å². The fourth-order valence-corrected chi connectivity index (χ4v) is 7.65. The number of rotatable bonds is 3. The van der Waals surface area contributed by atoms with Crippen LogP contribution in [-0.2, 0) is 5.41 Å². The van der Waals surface area contributed by atoms with Crippen molar-refractivity contribution in [1.82, 2.24) is 5.32 Å². The highest BCUT2D eigenvalue weighted by atomic mass is 16.3. The van der Waals surface area contributed by atoms with Gasteiger partial charge in [0.25, 0.3) is 0 Å². The Morgan fingerprint density at radius 3 is 2.16 bits per heavy atom.